The first kappa shape index (κ1) is 18.6. The molecule has 5 nitrogen and oxygen atoms in total. The fourth-order valence-corrected chi connectivity index (χ4v) is 3.75. The highest BCUT2D eigenvalue weighted by Crippen LogP contribution is 2.29. The average molecular weight is 398 g/mol. The summed E-state index contributed by atoms with van der Waals surface area (Å²) in [6, 6.07) is 12.5. The molecule has 0 saturated heterocycles. The van der Waals surface area contributed by atoms with Crippen LogP contribution in [-0.2, 0) is 17.6 Å². The lowest BCUT2D eigenvalue weighted by molar-refractivity contribution is -0.123. The van der Waals surface area contributed by atoms with Crippen molar-refractivity contribution in [3.05, 3.63) is 74.6 Å². The molecule has 4 rings (SSSR count). The molecule has 1 aliphatic carbocycles. The van der Waals surface area contributed by atoms with E-state index in [1.807, 2.05) is 25.1 Å². The Hall–Kier alpha value is -2.79. The second kappa shape index (κ2) is 7.68. The number of ether oxygens (including phenoxy) is 1. The first-order valence-electron chi connectivity index (χ1n) is 9.27. The maximum absolute atomic E-state index is 12.2. The van der Waals surface area contributed by atoms with Gasteiger partial charge in [-0.25, -0.2) is 4.79 Å². The van der Waals surface area contributed by atoms with Gasteiger partial charge in [-0.2, -0.15) is 0 Å². The van der Waals surface area contributed by atoms with Gasteiger partial charge >= 0.3 is 5.63 Å². The van der Waals surface area contributed by atoms with Gasteiger partial charge in [0.1, 0.15) is 11.3 Å². The monoisotopic (exact) mass is 397 g/mol. The predicted molar refractivity (Wildman–Crippen MR) is 108 cm³/mol. The van der Waals surface area contributed by atoms with Gasteiger partial charge in [-0.05, 0) is 61.6 Å². The van der Waals surface area contributed by atoms with Crippen LogP contribution in [0.5, 0.6) is 5.75 Å². The van der Waals surface area contributed by atoms with E-state index in [2.05, 4.69) is 5.32 Å². The molecular weight excluding hydrogens is 378 g/mol. The van der Waals surface area contributed by atoms with Crippen LogP contribution in [-0.4, -0.2) is 12.5 Å². The van der Waals surface area contributed by atoms with E-state index in [0.717, 1.165) is 41.3 Å². The zero-order valence-corrected chi connectivity index (χ0v) is 16.2. The molecule has 3 aromatic rings. The van der Waals surface area contributed by atoms with Crippen LogP contribution in [0, 0.1) is 0 Å². The minimum absolute atomic E-state index is 0.126. The van der Waals surface area contributed by atoms with Crippen molar-refractivity contribution in [1.29, 1.82) is 0 Å². The van der Waals surface area contributed by atoms with Gasteiger partial charge in [-0.1, -0.05) is 23.7 Å². The molecule has 1 aromatic heterocycles. The van der Waals surface area contributed by atoms with Crippen molar-refractivity contribution in [1.82, 2.24) is 5.32 Å². The molecule has 28 heavy (non-hydrogen) atoms. The van der Waals surface area contributed by atoms with Crippen molar-refractivity contribution in [3.8, 4) is 5.75 Å². The van der Waals surface area contributed by atoms with E-state index >= 15 is 0 Å². The van der Waals surface area contributed by atoms with E-state index < -0.39 is 0 Å². The van der Waals surface area contributed by atoms with Crippen LogP contribution < -0.4 is 15.7 Å². The molecule has 0 aliphatic heterocycles. The number of halogens is 1. The molecule has 1 heterocycles. The molecule has 0 saturated carbocycles. The number of rotatable bonds is 5. The molecule has 0 fully saturated rings. The number of carbonyl (C=O) groups excluding carboxylic acids is 1. The molecule has 144 valence electrons. The SMILES string of the molecule is C[C@H](NC(=O)COc1ccc2c3c(c(=O)oc2c1)CCC3)c1ccc(Cl)cc1. The summed E-state index contributed by atoms with van der Waals surface area (Å²) in [5.74, 6) is 0.251. The molecular formula is C22H20ClNO4. The summed E-state index contributed by atoms with van der Waals surface area (Å²) in [4.78, 5) is 24.3. The van der Waals surface area contributed by atoms with E-state index in [-0.39, 0.29) is 24.2 Å². The lowest BCUT2D eigenvalue weighted by Crippen LogP contribution is -2.31. The Balaban J connectivity index is 1.42. The zero-order valence-electron chi connectivity index (χ0n) is 15.5. The van der Waals surface area contributed by atoms with E-state index in [1.54, 1.807) is 24.3 Å². The molecule has 1 amide bonds. The lowest BCUT2D eigenvalue weighted by Gasteiger charge is -2.15. The van der Waals surface area contributed by atoms with Crippen molar-refractivity contribution >= 4 is 28.5 Å². The summed E-state index contributed by atoms with van der Waals surface area (Å²) in [5.41, 5.74) is 3.05. The van der Waals surface area contributed by atoms with Crippen LogP contribution in [0.4, 0.5) is 0 Å². The van der Waals surface area contributed by atoms with Crippen LogP contribution in [0.2, 0.25) is 5.02 Å². The van der Waals surface area contributed by atoms with Crippen LogP contribution >= 0.6 is 11.6 Å². The van der Waals surface area contributed by atoms with Gasteiger partial charge in [0.05, 0.1) is 6.04 Å². The lowest BCUT2D eigenvalue weighted by atomic mass is 10.1. The number of hydrogen-bond acceptors (Lipinski definition) is 4. The second-order valence-electron chi connectivity index (χ2n) is 6.99. The van der Waals surface area contributed by atoms with Gasteiger partial charge in [-0.3, -0.25) is 4.79 Å². The zero-order chi connectivity index (χ0) is 19.7. The Morgan fingerprint density at radius 3 is 2.71 bits per heavy atom. The molecule has 1 aliphatic rings. The van der Waals surface area contributed by atoms with Crippen molar-refractivity contribution < 1.29 is 13.9 Å². The van der Waals surface area contributed by atoms with E-state index in [0.29, 0.717) is 16.4 Å². The second-order valence-corrected chi connectivity index (χ2v) is 7.42. The topological polar surface area (TPSA) is 68.5 Å². The van der Waals surface area contributed by atoms with Crippen LogP contribution in [0.15, 0.2) is 51.7 Å². The maximum Gasteiger partial charge on any atom is 0.339 e. The number of carbonyl (C=O) groups is 1. The summed E-state index contributed by atoms with van der Waals surface area (Å²) < 4.78 is 11.0. The number of hydrogen-bond donors (Lipinski definition) is 1. The normalized spacial score (nSPS) is 13.9. The summed E-state index contributed by atoms with van der Waals surface area (Å²) in [7, 11) is 0. The number of fused-ring (bicyclic) bond motifs is 3. The van der Waals surface area contributed by atoms with Crippen molar-refractivity contribution in [2.45, 2.75) is 32.2 Å². The van der Waals surface area contributed by atoms with Gasteiger partial charge < -0.3 is 14.5 Å². The third-order valence-electron chi connectivity index (χ3n) is 5.06. The average Bonchev–Trinajstić information content (AvgIpc) is 3.17. The van der Waals surface area contributed by atoms with Gasteiger partial charge in [0, 0.05) is 22.0 Å². The first-order chi connectivity index (χ1) is 13.5. The Bertz CT molecular complexity index is 1090. The Kier molecular flexibility index (Phi) is 5.09. The number of nitrogens with one attached hydrogen (secondary N) is 1. The van der Waals surface area contributed by atoms with Crippen molar-refractivity contribution in [2.75, 3.05) is 6.61 Å². The standard InChI is InChI=1S/C22H20ClNO4/c1-13(14-5-7-15(23)8-6-14)24-21(25)12-27-16-9-10-18-17-3-2-4-19(17)22(26)28-20(18)11-16/h5-11,13H,2-4,12H2,1H3,(H,24,25)/t13-/m0/s1. The van der Waals surface area contributed by atoms with Crippen molar-refractivity contribution in [2.24, 2.45) is 0 Å². The largest absolute Gasteiger partial charge is 0.484 e. The summed E-state index contributed by atoms with van der Waals surface area (Å²) in [6.07, 6.45) is 2.64. The Labute approximate surface area is 167 Å². The van der Waals surface area contributed by atoms with Crippen LogP contribution in [0.1, 0.15) is 36.1 Å². The fourth-order valence-electron chi connectivity index (χ4n) is 3.62. The number of benzene rings is 2. The van der Waals surface area contributed by atoms with E-state index in [1.165, 1.54) is 0 Å². The predicted octanol–water partition coefficient (Wildman–Crippen LogP) is 4.19. The molecule has 0 radical (unpaired) electrons. The Morgan fingerprint density at radius 2 is 1.93 bits per heavy atom. The van der Waals surface area contributed by atoms with E-state index in [9.17, 15) is 9.59 Å². The molecule has 6 heteroatoms. The molecule has 0 bridgehead atoms. The molecule has 1 atom stereocenters. The minimum atomic E-state index is -0.272. The maximum atomic E-state index is 12.2. The third kappa shape index (κ3) is 3.76. The van der Waals surface area contributed by atoms with Gasteiger partial charge in [0.25, 0.3) is 5.91 Å². The fraction of sp³-hybridized carbons (Fsp3) is 0.273. The van der Waals surface area contributed by atoms with Crippen molar-refractivity contribution in [3.63, 3.8) is 0 Å². The summed E-state index contributed by atoms with van der Waals surface area (Å²) in [5, 5.41) is 4.48. The van der Waals surface area contributed by atoms with Crippen LogP contribution in [0.3, 0.4) is 0 Å². The van der Waals surface area contributed by atoms with Gasteiger partial charge in [0.15, 0.2) is 6.61 Å². The third-order valence-corrected chi connectivity index (χ3v) is 5.31. The van der Waals surface area contributed by atoms with Gasteiger partial charge in [0.2, 0.25) is 0 Å². The smallest absolute Gasteiger partial charge is 0.339 e. The number of aryl methyl sites for hydroxylation is 1. The summed E-state index contributed by atoms with van der Waals surface area (Å²) >= 11 is 5.89. The Morgan fingerprint density at radius 1 is 1.18 bits per heavy atom. The van der Waals surface area contributed by atoms with Crippen LogP contribution in [0.25, 0.3) is 11.0 Å². The molecule has 0 spiro atoms. The molecule has 1 N–H and O–H groups in total. The highest BCUT2D eigenvalue weighted by molar-refractivity contribution is 6.30. The van der Waals surface area contributed by atoms with Gasteiger partial charge in [-0.15, -0.1) is 0 Å². The molecule has 0 unspecified atom stereocenters. The highest BCUT2D eigenvalue weighted by atomic mass is 35.5. The molecule has 2 aromatic carbocycles. The number of amides is 1. The summed E-state index contributed by atoms with van der Waals surface area (Å²) in [6.45, 7) is 1.77. The first-order valence-corrected chi connectivity index (χ1v) is 9.65. The quantitative estimate of drug-likeness (QED) is 0.655. The minimum Gasteiger partial charge on any atom is -0.484 e. The highest BCUT2D eigenvalue weighted by Gasteiger charge is 2.19. The van der Waals surface area contributed by atoms with E-state index in [4.69, 9.17) is 20.8 Å².